The number of rotatable bonds is 13. The van der Waals surface area contributed by atoms with Crippen LogP contribution in [0.15, 0.2) is 24.3 Å². The van der Waals surface area contributed by atoms with Gasteiger partial charge in [-0.25, -0.2) is 9.97 Å². The largest absolute Gasteiger partial charge is 0.493 e. The second kappa shape index (κ2) is 12.5. The van der Waals surface area contributed by atoms with Gasteiger partial charge in [0.1, 0.15) is 5.75 Å². The zero-order valence-corrected chi connectivity index (χ0v) is 20.6. The Balaban J connectivity index is 1.44. The predicted octanol–water partition coefficient (Wildman–Crippen LogP) is 1.89. The average Bonchev–Trinajstić information content (AvgIpc) is 3.70. The molecule has 1 saturated heterocycles. The van der Waals surface area contributed by atoms with Gasteiger partial charge in [0.25, 0.3) is 5.91 Å². The SMILES string of the molecule is CNCC(=O)NCCCOc1cccc(Nc2nc(NC3CCOCC3)c(C3CC3)nc2C(N)=O)c1. The highest BCUT2D eigenvalue weighted by Gasteiger charge is 2.32. The maximum atomic E-state index is 12.3. The van der Waals surface area contributed by atoms with Gasteiger partial charge in [-0.05, 0) is 51.3 Å². The number of anilines is 3. The minimum Gasteiger partial charge on any atom is -0.493 e. The van der Waals surface area contributed by atoms with Crippen molar-refractivity contribution in [3.05, 3.63) is 35.7 Å². The molecule has 1 saturated carbocycles. The van der Waals surface area contributed by atoms with Crippen LogP contribution in [0.1, 0.15) is 54.2 Å². The first-order chi connectivity index (χ1) is 17.5. The first kappa shape index (κ1) is 25.6. The van der Waals surface area contributed by atoms with E-state index in [4.69, 9.17) is 20.2 Å². The van der Waals surface area contributed by atoms with Gasteiger partial charge in [-0.2, -0.15) is 0 Å². The van der Waals surface area contributed by atoms with Gasteiger partial charge in [0.15, 0.2) is 17.3 Å². The Kier molecular flexibility index (Phi) is 8.90. The normalized spacial score (nSPS) is 15.8. The number of nitrogens with zero attached hydrogens (tertiary/aromatic N) is 2. The van der Waals surface area contributed by atoms with Crippen molar-refractivity contribution in [1.29, 1.82) is 0 Å². The van der Waals surface area contributed by atoms with Crippen LogP contribution in [0.3, 0.4) is 0 Å². The minimum atomic E-state index is -0.628. The molecule has 0 radical (unpaired) electrons. The summed E-state index contributed by atoms with van der Waals surface area (Å²) in [5.41, 5.74) is 7.30. The number of primary amides is 1. The number of amides is 2. The lowest BCUT2D eigenvalue weighted by molar-refractivity contribution is -0.120. The van der Waals surface area contributed by atoms with Crippen molar-refractivity contribution in [2.45, 2.75) is 44.1 Å². The molecule has 0 bridgehead atoms. The highest BCUT2D eigenvalue weighted by Crippen LogP contribution is 2.43. The molecule has 2 aliphatic rings. The van der Waals surface area contributed by atoms with Gasteiger partial charge in [-0.15, -0.1) is 0 Å². The van der Waals surface area contributed by atoms with Crippen LogP contribution in [0.5, 0.6) is 5.75 Å². The van der Waals surface area contributed by atoms with Crippen molar-refractivity contribution >= 4 is 29.1 Å². The summed E-state index contributed by atoms with van der Waals surface area (Å²) in [6, 6.07) is 7.63. The predicted molar refractivity (Wildman–Crippen MR) is 137 cm³/mol. The highest BCUT2D eigenvalue weighted by molar-refractivity contribution is 5.96. The summed E-state index contributed by atoms with van der Waals surface area (Å²) in [7, 11) is 1.73. The molecule has 11 heteroatoms. The number of likely N-dealkylation sites (N-methyl/N-ethyl adjacent to an activating group) is 1. The molecule has 1 aliphatic carbocycles. The van der Waals surface area contributed by atoms with E-state index in [1.807, 2.05) is 24.3 Å². The summed E-state index contributed by atoms with van der Waals surface area (Å²) >= 11 is 0. The lowest BCUT2D eigenvalue weighted by Gasteiger charge is -2.25. The smallest absolute Gasteiger partial charge is 0.271 e. The van der Waals surface area contributed by atoms with Crippen LogP contribution < -0.4 is 31.7 Å². The summed E-state index contributed by atoms with van der Waals surface area (Å²) in [6.45, 7) is 2.70. The number of hydrogen-bond donors (Lipinski definition) is 5. The average molecular weight is 498 g/mol. The maximum absolute atomic E-state index is 12.3. The number of nitrogens with one attached hydrogen (secondary N) is 4. The van der Waals surface area contributed by atoms with Crippen molar-refractivity contribution in [1.82, 2.24) is 20.6 Å². The van der Waals surface area contributed by atoms with Crippen molar-refractivity contribution in [3.63, 3.8) is 0 Å². The minimum absolute atomic E-state index is 0.0477. The van der Waals surface area contributed by atoms with Crippen molar-refractivity contribution in [2.75, 3.05) is 50.6 Å². The van der Waals surface area contributed by atoms with Crippen molar-refractivity contribution < 1.29 is 19.1 Å². The second-order valence-corrected chi connectivity index (χ2v) is 9.06. The van der Waals surface area contributed by atoms with E-state index in [1.54, 1.807) is 7.05 Å². The van der Waals surface area contributed by atoms with Gasteiger partial charge in [-0.1, -0.05) is 6.07 Å². The standard InChI is InChI=1S/C25H35N7O4/c1-27-15-20(33)28-10-3-11-36-19-5-2-4-18(14-19)30-25-22(23(26)34)31-21(16-6-7-16)24(32-25)29-17-8-12-35-13-9-17/h2,4-5,14,16-17,27H,3,6-13,15H2,1H3,(H2,26,34)(H,28,33)(H2,29,30,32). The van der Waals surface area contributed by atoms with Crippen LogP contribution in [0.25, 0.3) is 0 Å². The van der Waals surface area contributed by atoms with Crippen molar-refractivity contribution in [3.8, 4) is 5.75 Å². The topological polar surface area (TPSA) is 153 Å². The highest BCUT2D eigenvalue weighted by atomic mass is 16.5. The van der Waals surface area contributed by atoms with E-state index in [1.165, 1.54) is 0 Å². The van der Waals surface area contributed by atoms with Crippen LogP contribution in [-0.4, -0.2) is 67.8 Å². The number of benzene rings is 1. The van der Waals surface area contributed by atoms with Gasteiger partial charge in [0.2, 0.25) is 5.91 Å². The fourth-order valence-electron chi connectivity index (χ4n) is 4.00. The monoisotopic (exact) mass is 497 g/mol. The zero-order valence-electron chi connectivity index (χ0n) is 20.6. The quantitative estimate of drug-likeness (QED) is 0.261. The Bertz CT molecular complexity index is 1050. The number of carbonyl (C=O) groups excluding carboxylic acids is 2. The molecule has 0 atom stereocenters. The third-order valence-electron chi connectivity index (χ3n) is 6.03. The molecule has 194 valence electrons. The van der Waals surface area contributed by atoms with E-state index in [0.29, 0.717) is 68.3 Å². The molecule has 36 heavy (non-hydrogen) atoms. The molecular formula is C25H35N7O4. The summed E-state index contributed by atoms with van der Waals surface area (Å²) in [6.07, 6.45) is 4.52. The van der Waals surface area contributed by atoms with E-state index >= 15 is 0 Å². The molecule has 11 nitrogen and oxygen atoms in total. The Labute approximate surface area is 210 Å². The van der Waals surface area contributed by atoms with E-state index in [2.05, 4.69) is 26.3 Å². The van der Waals surface area contributed by atoms with Crippen LogP contribution in [-0.2, 0) is 9.53 Å². The fraction of sp³-hybridized carbons (Fsp3) is 0.520. The lowest BCUT2D eigenvalue weighted by Crippen LogP contribution is -2.33. The first-order valence-electron chi connectivity index (χ1n) is 12.5. The van der Waals surface area contributed by atoms with Gasteiger partial charge < -0.3 is 36.5 Å². The third kappa shape index (κ3) is 7.28. The zero-order chi connectivity index (χ0) is 25.3. The van der Waals surface area contributed by atoms with E-state index in [0.717, 1.165) is 31.4 Å². The number of ether oxygens (including phenoxy) is 2. The molecule has 2 aromatic rings. The fourth-order valence-corrected chi connectivity index (χ4v) is 4.00. The molecule has 1 aromatic carbocycles. The molecular weight excluding hydrogens is 462 g/mol. The van der Waals surface area contributed by atoms with E-state index < -0.39 is 5.91 Å². The Hall–Kier alpha value is -3.44. The van der Waals surface area contributed by atoms with Gasteiger partial charge in [-0.3, -0.25) is 9.59 Å². The number of aromatic nitrogens is 2. The van der Waals surface area contributed by atoms with Gasteiger partial charge in [0, 0.05) is 43.5 Å². The maximum Gasteiger partial charge on any atom is 0.271 e. The van der Waals surface area contributed by atoms with Crippen LogP contribution in [0.4, 0.5) is 17.3 Å². The number of hydrogen-bond acceptors (Lipinski definition) is 9. The van der Waals surface area contributed by atoms with Crippen molar-refractivity contribution in [2.24, 2.45) is 5.73 Å². The molecule has 2 fully saturated rings. The van der Waals surface area contributed by atoms with E-state index in [9.17, 15) is 9.59 Å². The van der Waals surface area contributed by atoms with Gasteiger partial charge in [0.05, 0.1) is 18.8 Å². The van der Waals surface area contributed by atoms with Gasteiger partial charge >= 0.3 is 0 Å². The lowest BCUT2D eigenvalue weighted by atomic mass is 10.1. The summed E-state index contributed by atoms with van der Waals surface area (Å²) in [4.78, 5) is 33.2. The third-order valence-corrected chi connectivity index (χ3v) is 6.03. The molecule has 4 rings (SSSR count). The molecule has 0 unspecified atom stereocenters. The molecule has 1 aromatic heterocycles. The molecule has 1 aliphatic heterocycles. The Morgan fingerprint density at radius 1 is 1.14 bits per heavy atom. The molecule has 6 N–H and O–H groups in total. The number of nitrogens with two attached hydrogens (primary N) is 1. The van der Waals surface area contributed by atoms with Crippen LogP contribution in [0, 0.1) is 0 Å². The summed E-state index contributed by atoms with van der Waals surface area (Å²) < 4.78 is 11.3. The number of carbonyl (C=O) groups is 2. The first-order valence-corrected chi connectivity index (χ1v) is 12.5. The molecule has 0 spiro atoms. The van der Waals surface area contributed by atoms with E-state index in [-0.39, 0.29) is 17.6 Å². The Morgan fingerprint density at radius 3 is 2.67 bits per heavy atom. The molecule has 2 heterocycles. The second-order valence-electron chi connectivity index (χ2n) is 9.06. The molecule has 2 amide bonds. The van der Waals surface area contributed by atoms with Crippen LogP contribution in [0.2, 0.25) is 0 Å². The van der Waals surface area contributed by atoms with Crippen LogP contribution >= 0.6 is 0 Å². The summed E-state index contributed by atoms with van der Waals surface area (Å²) in [5.74, 6) is 1.29. The Morgan fingerprint density at radius 2 is 1.94 bits per heavy atom. The summed E-state index contributed by atoms with van der Waals surface area (Å²) in [5, 5.41) is 12.4.